The Bertz CT molecular complexity index is 937. The van der Waals surface area contributed by atoms with E-state index in [1.54, 1.807) is 0 Å². The van der Waals surface area contributed by atoms with Crippen LogP contribution < -0.4 is 5.32 Å². The number of nitrogens with zero attached hydrogens (tertiary/aromatic N) is 3. The maximum atomic E-state index is 13.0. The van der Waals surface area contributed by atoms with Gasteiger partial charge < -0.3 is 5.32 Å². The lowest BCUT2D eigenvalue weighted by Gasteiger charge is -2.34. The minimum atomic E-state index is -0.208. The maximum absolute atomic E-state index is 13.0. The van der Waals surface area contributed by atoms with E-state index in [1.165, 1.54) is 23.5 Å². The van der Waals surface area contributed by atoms with Crippen molar-refractivity contribution in [1.82, 2.24) is 14.8 Å². The smallest absolute Gasteiger partial charge is 0.240 e. The molecule has 0 saturated carbocycles. The van der Waals surface area contributed by atoms with E-state index < -0.39 is 0 Å². The fourth-order valence-corrected chi connectivity index (χ4v) is 4.12. The second kappa shape index (κ2) is 9.26. The van der Waals surface area contributed by atoms with Crippen molar-refractivity contribution in [2.75, 3.05) is 38.0 Å². The summed E-state index contributed by atoms with van der Waals surface area (Å²) in [6.07, 6.45) is 0. The van der Waals surface area contributed by atoms with Gasteiger partial charge in [0.25, 0.3) is 0 Å². The third-order valence-electron chi connectivity index (χ3n) is 4.97. The molecule has 1 saturated heterocycles. The number of hydrogen-bond donors (Lipinski definition) is 1. The first-order valence-electron chi connectivity index (χ1n) is 9.66. The van der Waals surface area contributed by atoms with Crippen LogP contribution in [0.1, 0.15) is 5.56 Å². The lowest BCUT2D eigenvalue weighted by molar-refractivity contribution is -0.117. The summed E-state index contributed by atoms with van der Waals surface area (Å²) in [7, 11) is 0. The molecule has 2 aromatic carbocycles. The van der Waals surface area contributed by atoms with Gasteiger partial charge in [0.1, 0.15) is 5.82 Å². The van der Waals surface area contributed by atoms with Gasteiger partial charge in [0.05, 0.1) is 12.2 Å². The molecule has 1 aromatic heterocycles. The molecule has 0 aliphatic carbocycles. The van der Waals surface area contributed by atoms with E-state index in [0.717, 1.165) is 49.5 Å². The van der Waals surface area contributed by atoms with Crippen molar-refractivity contribution in [3.8, 4) is 11.3 Å². The van der Waals surface area contributed by atoms with E-state index >= 15 is 0 Å². The van der Waals surface area contributed by atoms with Crippen molar-refractivity contribution in [2.45, 2.75) is 6.54 Å². The van der Waals surface area contributed by atoms with Crippen LogP contribution in [0.5, 0.6) is 0 Å². The van der Waals surface area contributed by atoms with Crippen LogP contribution in [0.2, 0.25) is 0 Å². The monoisotopic (exact) mass is 410 g/mol. The zero-order chi connectivity index (χ0) is 20.1. The van der Waals surface area contributed by atoms with Crippen LogP contribution >= 0.6 is 11.3 Å². The van der Waals surface area contributed by atoms with Crippen molar-refractivity contribution >= 4 is 22.4 Å². The normalized spacial score (nSPS) is 15.3. The molecule has 0 unspecified atom stereocenters. The average Bonchev–Trinajstić information content (AvgIpc) is 3.20. The van der Waals surface area contributed by atoms with Crippen molar-refractivity contribution in [1.29, 1.82) is 0 Å². The molecule has 7 heteroatoms. The molecule has 1 aliphatic heterocycles. The second-order valence-corrected chi connectivity index (χ2v) is 7.99. The van der Waals surface area contributed by atoms with Crippen molar-refractivity contribution < 1.29 is 9.18 Å². The molecule has 1 amide bonds. The van der Waals surface area contributed by atoms with Crippen molar-refractivity contribution in [3.05, 3.63) is 71.4 Å². The van der Waals surface area contributed by atoms with Gasteiger partial charge in [-0.3, -0.25) is 14.6 Å². The molecule has 29 heavy (non-hydrogen) atoms. The summed E-state index contributed by atoms with van der Waals surface area (Å²) >= 11 is 1.44. The Morgan fingerprint density at radius 1 is 1.00 bits per heavy atom. The molecule has 0 radical (unpaired) electrons. The fraction of sp³-hybridized carbons (Fsp3) is 0.273. The number of piperazine rings is 1. The molecule has 0 bridgehead atoms. The second-order valence-electron chi connectivity index (χ2n) is 7.13. The Morgan fingerprint density at radius 3 is 2.41 bits per heavy atom. The van der Waals surface area contributed by atoms with Gasteiger partial charge in [-0.2, -0.15) is 0 Å². The van der Waals surface area contributed by atoms with Crippen LogP contribution in [0.4, 0.5) is 9.52 Å². The van der Waals surface area contributed by atoms with Gasteiger partial charge >= 0.3 is 0 Å². The van der Waals surface area contributed by atoms with E-state index in [-0.39, 0.29) is 11.7 Å². The lowest BCUT2D eigenvalue weighted by Crippen LogP contribution is -2.48. The molecular weight excluding hydrogens is 387 g/mol. The maximum Gasteiger partial charge on any atom is 0.240 e. The quantitative estimate of drug-likeness (QED) is 0.673. The number of anilines is 1. The molecule has 4 rings (SSSR count). The van der Waals surface area contributed by atoms with Crippen molar-refractivity contribution in [3.63, 3.8) is 0 Å². The number of thiazole rings is 1. The third-order valence-corrected chi connectivity index (χ3v) is 5.73. The molecule has 0 atom stereocenters. The Labute approximate surface area is 173 Å². The third kappa shape index (κ3) is 5.47. The topological polar surface area (TPSA) is 48.5 Å². The summed E-state index contributed by atoms with van der Waals surface area (Å²) in [5, 5.41) is 5.50. The first-order chi connectivity index (χ1) is 14.2. The number of benzene rings is 2. The van der Waals surface area contributed by atoms with E-state index in [1.807, 2.05) is 47.8 Å². The largest absolute Gasteiger partial charge is 0.301 e. The summed E-state index contributed by atoms with van der Waals surface area (Å²) < 4.78 is 13.0. The van der Waals surface area contributed by atoms with Crippen LogP contribution in [-0.2, 0) is 11.3 Å². The minimum absolute atomic E-state index is 0.0362. The van der Waals surface area contributed by atoms with Gasteiger partial charge in [0.15, 0.2) is 5.13 Å². The zero-order valence-electron chi connectivity index (χ0n) is 16.1. The molecular formula is C22H23FN4OS. The molecule has 2 heterocycles. The van der Waals surface area contributed by atoms with Crippen LogP contribution in [0.25, 0.3) is 11.3 Å². The van der Waals surface area contributed by atoms with E-state index in [9.17, 15) is 9.18 Å². The highest BCUT2D eigenvalue weighted by Crippen LogP contribution is 2.24. The fourth-order valence-electron chi connectivity index (χ4n) is 3.39. The first kappa shape index (κ1) is 19.7. The Kier molecular flexibility index (Phi) is 6.29. The van der Waals surface area contributed by atoms with Crippen molar-refractivity contribution in [2.24, 2.45) is 0 Å². The van der Waals surface area contributed by atoms with Gasteiger partial charge in [-0.1, -0.05) is 42.5 Å². The van der Waals surface area contributed by atoms with Crippen LogP contribution in [0.15, 0.2) is 60.0 Å². The van der Waals surface area contributed by atoms with Gasteiger partial charge in [-0.25, -0.2) is 9.37 Å². The predicted molar refractivity (Wildman–Crippen MR) is 114 cm³/mol. The minimum Gasteiger partial charge on any atom is -0.301 e. The first-order valence-corrected chi connectivity index (χ1v) is 10.5. The average molecular weight is 411 g/mol. The number of hydrogen-bond acceptors (Lipinski definition) is 5. The summed E-state index contributed by atoms with van der Waals surface area (Å²) in [5.74, 6) is -0.244. The Morgan fingerprint density at radius 2 is 1.69 bits per heavy atom. The lowest BCUT2D eigenvalue weighted by atomic mass is 10.2. The molecule has 150 valence electrons. The summed E-state index contributed by atoms with van der Waals surface area (Å²) in [6, 6.07) is 16.6. The van der Waals surface area contributed by atoms with Crippen LogP contribution in [-0.4, -0.2) is 53.4 Å². The highest BCUT2D eigenvalue weighted by atomic mass is 32.1. The van der Waals surface area contributed by atoms with E-state index in [0.29, 0.717) is 11.7 Å². The molecule has 3 aromatic rings. The number of amides is 1. The van der Waals surface area contributed by atoms with E-state index in [2.05, 4.69) is 20.1 Å². The number of aromatic nitrogens is 1. The number of rotatable bonds is 6. The molecule has 1 N–H and O–H groups in total. The number of nitrogens with one attached hydrogen (secondary N) is 1. The number of halogens is 1. The van der Waals surface area contributed by atoms with Gasteiger partial charge in [-0.15, -0.1) is 11.3 Å². The summed E-state index contributed by atoms with van der Waals surface area (Å²) in [5.41, 5.74) is 3.03. The molecule has 5 nitrogen and oxygen atoms in total. The highest BCUT2D eigenvalue weighted by molar-refractivity contribution is 7.14. The summed E-state index contributed by atoms with van der Waals surface area (Å²) in [6.45, 7) is 4.62. The number of carbonyl (C=O) groups excluding carboxylic acids is 1. The Hall–Kier alpha value is -2.61. The molecule has 0 spiro atoms. The van der Waals surface area contributed by atoms with E-state index in [4.69, 9.17) is 0 Å². The SMILES string of the molecule is O=C(CN1CCN(Cc2ccc(F)cc2)CC1)Nc1nc(-c2ccccc2)cs1. The van der Waals surface area contributed by atoms with Gasteiger partial charge in [-0.05, 0) is 17.7 Å². The molecule has 1 fully saturated rings. The van der Waals surface area contributed by atoms with Crippen LogP contribution in [0, 0.1) is 5.82 Å². The number of carbonyl (C=O) groups is 1. The van der Waals surface area contributed by atoms with Crippen LogP contribution in [0.3, 0.4) is 0 Å². The standard InChI is InChI=1S/C22H23FN4OS/c23-19-8-6-17(7-9-19)14-26-10-12-27(13-11-26)15-21(28)25-22-24-20(16-29-22)18-4-2-1-3-5-18/h1-9,16H,10-15H2,(H,24,25,28). The molecule has 1 aliphatic rings. The van der Waals surface area contributed by atoms with Gasteiger partial charge in [0, 0.05) is 43.7 Å². The summed E-state index contributed by atoms with van der Waals surface area (Å²) in [4.78, 5) is 21.4. The zero-order valence-corrected chi connectivity index (χ0v) is 16.9. The Balaban J connectivity index is 1.23. The van der Waals surface area contributed by atoms with Gasteiger partial charge in [0.2, 0.25) is 5.91 Å². The highest BCUT2D eigenvalue weighted by Gasteiger charge is 2.19. The predicted octanol–water partition coefficient (Wildman–Crippen LogP) is 3.71.